The van der Waals surface area contributed by atoms with E-state index in [-0.39, 0.29) is 0 Å². The standard InChI is InChI=1S/C14H28N2/c1-5-6-9-16-11-14(10-12(2)3)15-8-7-13(16)4/h5-6,12-15H,7-11H2,1-4H3/b6-5+. The lowest BCUT2D eigenvalue weighted by molar-refractivity contribution is 0.219. The second-order valence-electron chi connectivity index (χ2n) is 5.44. The quantitative estimate of drug-likeness (QED) is 0.739. The first-order valence-electron chi connectivity index (χ1n) is 6.72. The zero-order valence-electron chi connectivity index (χ0n) is 11.4. The summed E-state index contributed by atoms with van der Waals surface area (Å²) in [4.78, 5) is 2.60. The largest absolute Gasteiger partial charge is 0.313 e. The summed E-state index contributed by atoms with van der Waals surface area (Å²) in [7, 11) is 0. The highest BCUT2D eigenvalue weighted by molar-refractivity contribution is 4.88. The first kappa shape index (κ1) is 13.7. The Bertz CT molecular complexity index is 211. The van der Waals surface area contributed by atoms with Gasteiger partial charge in [0.05, 0.1) is 0 Å². The maximum Gasteiger partial charge on any atom is 0.0197 e. The first-order chi connectivity index (χ1) is 7.63. The van der Waals surface area contributed by atoms with E-state index in [4.69, 9.17) is 0 Å². The average Bonchev–Trinajstić information content (AvgIpc) is 2.37. The van der Waals surface area contributed by atoms with Crippen molar-refractivity contribution in [3.8, 4) is 0 Å². The molecule has 2 unspecified atom stereocenters. The van der Waals surface area contributed by atoms with E-state index in [9.17, 15) is 0 Å². The number of nitrogens with zero attached hydrogens (tertiary/aromatic N) is 1. The highest BCUT2D eigenvalue weighted by Gasteiger charge is 2.22. The predicted octanol–water partition coefficient (Wildman–Crippen LogP) is 2.66. The lowest BCUT2D eigenvalue weighted by atomic mass is 10.0. The SMILES string of the molecule is C/C=C/CN1CC(CC(C)C)NCCC1C. The number of allylic oxidation sites excluding steroid dienone is 1. The molecule has 16 heavy (non-hydrogen) atoms. The van der Waals surface area contributed by atoms with Crippen LogP contribution in [0.15, 0.2) is 12.2 Å². The van der Waals surface area contributed by atoms with Gasteiger partial charge in [-0.05, 0) is 39.2 Å². The minimum atomic E-state index is 0.676. The van der Waals surface area contributed by atoms with Crippen LogP contribution in [-0.4, -0.2) is 36.6 Å². The van der Waals surface area contributed by atoms with Gasteiger partial charge in [-0.15, -0.1) is 0 Å². The van der Waals surface area contributed by atoms with E-state index >= 15 is 0 Å². The molecule has 0 aromatic carbocycles. The van der Waals surface area contributed by atoms with E-state index < -0.39 is 0 Å². The molecular formula is C14H28N2. The third-order valence-corrected chi connectivity index (χ3v) is 3.40. The minimum absolute atomic E-state index is 0.676. The number of nitrogens with one attached hydrogen (secondary N) is 1. The predicted molar refractivity (Wildman–Crippen MR) is 71.7 cm³/mol. The first-order valence-corrected chi connectivity index (χ1v) is 6.72. The van der Waals surface area contributed by atoms with Crippen molar-refractivity contribution in [3.63, 3.8) is 0 Å². The van der Waals surface area contributed by atoms with Gasteiger partial charge in [0.1, 0.15) is 0 Å². The van der Waals surface area contributed by atoms with Crippen molar-refractivity contribution in [2.24, 2.45) is 5.92 Å². The molecule has 0 aromatic rings. The van der Waals surface area contributed by atoms with Crippen LogP contribution in [0.3, 0.4) is 0 Å². The molecule has 1 rings (SSSR count). The fourth-order valence-corrected chi connectivity index (χ4v) is 2.43. The summed E-state index contributed by atoms with van der Waals surface area (Å²) in [5.74, 6) is 0.787. The van der Waals surface area contributed by atoms with E-state index in [0.717, 1.165) is 12.5 Å². The van der Waals surface area contributed by atoms with Gasteiger partial charge in [0.2, 0.25) is 0 Å². The van der Waals surface area contributed by atoms with E-state index in [1.807, 2.05) is 0 Å². The van der Waals surface area contributed by atoms with Gasteiger partial charge in [0.25, 0.3) is 0 Å². The second-order valence-corrected chi connectivity index (χ2v) is 5.44. The van der Waals surface area contributed by atoms with Gasteiger partial charge in [-0.25, -0.2) is 0 Å². The Labute approximate surface area is 101 Å². The molecule has 2 atom stereocenters. The third kappa shape index (κ3) is 4.67. The Morgan fingerprint density at radius 3 is 2.81 bits per heavy atom. The van der Waals surface area contributed by atoms with Gasteiger partial charge < -0.3 is 5.32 Å². The van der Waals surface area contributed by atoms with Gasteiger partial charge in [0.15, 0.2) is 0 Å². The van der Waals surface area contributed by atoms with Gasteiger partial charge in [0, 0.05) is 25.2 Å². The van der Waals surface area contributed by atoms with Gasteiger partial charge >= 0.3 is 0 Å². The van der Waals surface area contributed by atoms with Crippen molar-refractivity contribution >= 4 is 0 Å². The van der Waals surface area contributed by atoms with E-state index in [0.29, 0.717) is 12.1 Å². The number of rotatable bonds is 4. The van der Waals surface area contributed by atoms with Crippen LogP contribution in [-0.2, 0) is 0 Å². The Morgan fingerprint density at radius 1 is 1.44 bits per heavy atom. The van der Waals surface area contributed by atoms with Crippen molar-refractivity contribution in [3.05, 3.63) is 12.2 Å². The van der Waals surface area contributed by atoms with Crippen molar-refractivity contribution in [1.82, 2.24) is 10.2 Å². The van der Waals surface area contributed by atoms with Crippen LogP contribution in [0.4, 0.5) is 0 Å². The monoisotopic (exact) mass is 224 g/mol. The summed E-state index contributed by atoms with van der Waals surface area (Å²) >= 11 is 0. The summed E-state index contributed by atoms with van der Waals surface area (Å²) in [5.41, 5.74) is 0. The molecule has 0 aromatic heterocycles. The lowest BCUT2D eigenvalue weighted by Gasteiger charge is -2.28. The number of hydrogen-bond donors (Lipinski definition) is 1. The van der Waals surface area contributed by atoms with Crippen LogP contribution in [0.25, 0.3) is 0 Å². The van der Waals surface area contributed by atoms with Crippen molar-refractivity contribution in [2.45, 2.75) is 52.6 Å². The smallest absolute Gasteiger partial charge is 0.0197 e. The lowest BCUT2D eigenvalue weighted by Crippen LogP contribution is -2.40. The Kier molecular flexibility index (Phi) is 6.07. The molecule has 0 saturated carbocycles. The van der Waals surface area contributed by atoms with Crippen molar-refractivity contribution < 1.29 is 0 Å². The highest BCUT2D eigenvalue weighted by Crippen LogP contribution is 2.13. The van der Waals surface area contributed by atoms with E-state index in [2.05, 4.69) is 50.1 Å². The Morgan fingerprint density at radius 2 is 2.19 bits per heavy atom. The molecule has 1 saturated heterocycles. The van der Waals surface area contributed by atoms with Crippen molar-refractivity contribution in [1.29, 1.82) is 0 Å². The van der Waals surface area contributed by atoms with Crippen LogP contribution in [0.5, 0.6) is 0 Å². The number of hydrogen-bond acceptors (Lipinski definition) is 2. The minimum Gasteiger partial charge on any atom is -0.313 e. The molecule has 1 aliphatic rings. The van der Waals surface area contributed by atoms with Crippen LogP contribution in [0.2, 0.25) is 0 Å². The zero-order valence-corrected chi connectivity index (χ0v) is 11.4. The van der Waals surface area contributed by atoms with E-state index in [1.165, 1.54) is 25.9 Å². The van der Waals surface area contributed by atoms with Crippen LogP contribution in [0.1, 0.15) is 40.5 Å². The molecular weight excluding hydrogens is 196 g/mol. The molecule has 1 aliphatic heterocycles. The molecule has 0 aliphatic carbocycles. The topological polar surface area (TPSA) is 15.3 Å². The van der Waals surface area contributed by atoms with Gasteiger partial charge in [-0.1, -0.05) is 26.0 Å². The van der Waals surface area contributed by atoms with Crippen LogP contribution >= 0.6 is 0 Å². The molecule has 1 fully saturated rings. The van der Waals surface area contributed by atoms with E-state index in [1.54, 1.807) is 0 Å². The van der Waals surface area contributed by atoms with Gasteiger partial charge in [-0.3, -0.25) is 4.90 Å². The molecule has 0 radical (unpaired) electrons. The molecule has 0 amide bonds. The average molecular weight is 224 g/mol. The fraction of sp³-hybridized carbons (Fsp3) is 0.857. The summed E-state index contributed by atoms with van der Waals surface area (Å²) in [6.45, 7) is 12.6. The zero-order chi connectivity index (χ0) is 12.0. The van der Waals surface area contributed by atoms with Gasteiger partial charge in [-0.2, -0.15) is 0 Å². The summed E-state index contributed by atoms with van der Waals surface area (Å²) in [6, 6.07) is 1.39. The summed E-state index contributed by atoms with van der Waals surface area (Å²) in [5, 5.41) is 3.68. The maximum absolute atomic E-state index is 3.68. The fourth-order valence-electron chi connectivity index (χ4n) is 2.43. The third-order valence-electron chi connectivity index (χ3n) is 3.40. The normalized spacial score (nSPS) is 28.8. The molecule has 1 N–H and O–H groups in total. The molecule has 2 heteroatoms. The maximum atomic E-state index is 3.68. The molecule has 0 spiro atoms. The van der Waals surface area contributed by atoms with Crippen LogP contribution < -0.4 is 5.32 Å². The Balaban J connectivity index is 2.51. The Hall–Kier alpha value is -0.340. The van der Waals surface area contributed by atoms with Crippen LogP contribution in [0, 0.1) is 5.92 Å². The summed E-state index contributed by atoms with van der Waals surface area (Å²) < 4.78 is 0. The second kappa shape index (κ2) is 7.08. The summed E-state index contributed by atoms with van der Waals surface area (Å²) in [6.07, 6.45) is 6.99. The molecule has 94 valence electrons. The molecule has 0 bridgehead atoms. The highest BCUT2D eigenvalue weighted by atomic mass is 15.2. The molecule has 2 nitrogen and oxygen atoms in total. The van der Waals surface area contributed by atoms with Crippen molar-refractivity contribution in [2.75, 3.05) is 19.6 Å². The molecule has 1 heterocycles.